The minimum Gasteiger partial charge on any atom is -0.455 e. The van der Waals surface area contributed by atoms with E-state index < -0.39 is 0 Å². The fourth-order valence-corrected chi connectivity index (χ4v) is 9.48. The summed E-state index contributed by atoms with van der Waals surface area (Å²) >= 11 is 0. The van der Waals surface area contributed by atoms with Gasteiger partial charge in [0.05, 0.1) is 11.0 Å². The van der Waals surface area contributed by atoms with Crippen LogP contribution in [0.3, 0.4) is 0 Å². The van der Waals surface area contributed by atoms with Gasteiger partial charge in [0.25, 0.3) is 0 Å². The van der Waals surface area contributed by atoms with E-state index in [0.29, 0.717) is 17.5 Å². The predicted molar refractivity (Wildman–Crippen MR) is 264 cm³/mol. The second kappa shape index (κ2) is 14.5. The molecule has 3 heterocycles. The summed E-state index contributed by atoms with van der Waals surface area (Å²) in [4.78, 5) is 15.7. The molecule has 13 rings (SSSR count). The molecule has 298 valence electrons. The van der Waals surface area contributed by atoms with E-state index in [0.717, 1.165) is 93.8 Å². The molecule has 0 saturated carbocycles. The molecule has 64 heavy (non-hydrogen) atoms. The first kappa shape index (κ1) is 36.0. The maximum atomic E-state index is 6.71. The van der Waals surface area contributed by atoms with Gasteiger partial charge in [-0.25, -0.2) is 15.0 Å². The van der Waals surface area contributed by atoms with Crippen LogP contribution in [0.4, 0.5) is 0 Å². The van der Waals surface area contributed by atoms with Crippen molar-refractivity contribution in [3.8, 4) is 62.1 Å². The van der Waals surface area contributed by atoms with Crippen molar-refractivity contribution < 1.29 is 4.42 Å². The lowest BCUT2D eigenvalue weighted by atomic mass is 9.94. The summed E-state index contributed by atoms with van der Waals surface area (Å²) in [6, 6.07) is 77.0. The molecule has 0 aliphatic heterocycles. The molecule has 0 aliphatic rings. The third-order valence-electron chi connectivity index (χ3n) is 12.6. The summed E-state index contributed by atoms with van der Waals surface area (Å²) in [5.41, 5.74) is 12.1. The van der Waals surface area contributed by atoms with E-state index in [1.54, 1.807) is 0 Å². The van der Waals surface area contributed by atoms with Crippen LogP contribution >= 0.6 is 0 Å². The van der Waals surface area contributed by atoms with Crippen LogP contribution in [-0.4, -0.2) is 19.5 Å². The van der Waals surface area contributed by atoms with Crippen LogP contribution < -0.4 is 0 Å². The number of hydrogen-bond acceptors (Lipinski definition) is 4. The smallest absolute Gasteiger partial charge is 0.164 e. The highest BCUT2D eigenvalue weighted by Gasteiger charge is 2.19. The van der Waals surface area contributed by atoms with Crippen LogP contribution in [0.5, 0.6) is 0 Å². The SMILES string of the molecule is c1ccc(-c2cc(-c3cccc(-c4nc(-c5cccc(-n6c7ccccc7c7ccccc76)c5)nc(-c5ccc6ccccc6c5)n4)c3)cc3c2oc2cc4ccccc4cc23)cc1. The van der Waals surface area contributed by atoms with Crippen molar-refractivity contribution in [3.63, 3.8) is 0 Å². The van der Waals surface area contributed by atoms with Crippen LogP contribution in [0.2, 0.25) is 0 Å². The lowest BCUT2D eigenvalue weighted by Gasteiger charge is -2.12. The lowest BCUT2D eigenvalue weighted by Crippen LogP contribution is -2.01. The van der Waals surface area contributed by atoms with Crippen molar-refractivity contribution in [1.29, 1.82) is 0 Å². The quantitative estimate of drug-likeness (QED) is 0.168. The van der Waals surface area contributed by atoms with E-state index in [9.17, 15) is 0 Å². The molecule has 0 bridgehead atoms. The second-order valence-corrected chi connectivity index (χ2v) is 16.4. The van der Waals surface area contributed by atoms with Crippen molar-refractivity contribution in [2.24, 2.45) is 0 Å². The Labute approximate surface area is 368 Å². The molecular weight excluding hydrogens is 781 g/mol. The molecule has 0 radical (unpaired) electrons. The zero-order chi connectivity index (χ0) is 42.1. The first-order valence-corrected chi connectivity index (χ1v) is 21.6. The van der Waals surface area contributed by atoms with E-state index >= 15 is 0 Å². The monoisotopic (exact) mass is 816 g/mol. The maximum Gasteiger partial charge on any atom is 0.164 e. The predicted octanol–water partition coefficient (Wildman–Crippen LogP) is 15.5. The van der Waals surface area contributed by atoms with Gasteiger partial charge in [0.1, 0.15) is 11.2 Å². The highest BCUT2D eigenvalue weighted by Crippen LogP contribution is 2.42. The summed E-state index contributed by atoms with van der Waals surface area (Å²) < 4.78 is 9.04. The summed E-state index contributed by atoms with van der Waals surface area (Å²) in [6.07, 6.45) is 0. The molecule has 5 heteroatoms. The van der Waals surface area contributed by atoms with Crippen LogP contribution in [0.1, 0.15) is 0 Å². The van der Waals surface area contributed by atoms with Crippen LogP contribution in [0.15, 0.2) is 223 Å². The van der Waals surface area contributed by atoms with E-state index in [-0.39, 0.29) is 0 Å². The molecular formula is C59H36N4O. The number of aromatic nitrogens is 4. The molecule has 0 aliphatic carbocycles. The van der Waals surface area contributed by atoms with E-state index in [4.69, 9.17) is 19.4 Å². The molecule has 3 aromatic heterocycles. The summed E-state index contributed by atoms with van der Waals surface area (Å²) in [5.74, 6) is 1.82. The number of para-hydroxylation sites is 2. The van der Waals surface area contributed by atoms with Crippen molar-refractivity contribution in [2.75, 3.05) is 0 Å². The summed E-state index contributed by atoms with van der Waals surface area (Å²) in [6.45, 7) is 0. The normalized spacial score (nSPS) is 11.8. The Morgan fingerprint density at radius 3 is 1.58 bits per heavy atom. The first-order chi connectivity index (χ1) is 31.7. The largest absolute Gasteiger partial charge is 0.455 e. The van der Waals surface area contributed by atoms with Gasteiger partial charge in [0.15, 0.2) is 17.5 Å². The number of rotatable bonds is 6. The molecule has 0 N–H and O–H groups in total. The van der Waals surface area contributed by atoms with Gasteiger partial charge in [0.2, 0.25) is 0 Å². The number of benzene rings is 10. The van der Waals surface area contributed by atoms with Gasteiger partial charge >= 0.3 is 0 Å². The Hall–Kier alpha value is -8.67. The van der Waals surface area contributed by atoms with Gasteiger partial charge in [-0.2, -0.15) is 0 Å². The van der Waals surface area contributed by atoms with Gasteiger partial charge in [-0.3, -0.25) is 0 Å². The fourth-order valence-electron chi connectivity index (χ4n) is 9.48. The van der Waals surface area contributed by atoms with Crippen LogP contribution in [-0.2, 0) is 0 Å². The molecule has 0 saturated heterocycles. The Morgan fingerprint density at radius 2 is 0.859 bits per heavy atom. The number of furan rings is 1. The van der Waals surface area contributed by atoms with Gasteiger partial charge in [-0.05, 0) is 98.9 Å². The van der Waals surface area contributed by atoms with Crippen molar-refractivity contribution in [2.45, 2.75) is 0 Å². The third-order valence-corrected chi connectivity index (χ3v) is 12.6. The van der Waals surface area contributed by atoms with Crippen molar-refractivity contribution in [3.05, 3.63) is 218 Å². The molecule has 0 unspecified atom stereocenters. The Balaban J connectivity index is 0.991. The third kappa shape index (κ3) is 5.98. The molecule has 0 atom stereocenters. The van der Waals surface area contributed by atoms with Gasteiger partial charge in [-0.15, -0.1) is 0 Å². The highest BCUT2D eigenvalue weighted by atomic mass is 16.3. The van der Waals surface area contributed by atoms with E-state index in [1.165, 1.54) is 16.2 Å². The van der Waals surface area contributed by atoms with Gasteiger partial charge in [0, 0.05) is 49.5 Å². The fraction of sp³-hybridized carbons (Fsp3) is 0. The zero-order valence-corrected chi connectivity index (χ0v) is 34.5. The van der Waals surface area contributed by atoms with Crippen molar-refractivity contribution >= 4 is 65.3 Å². The molecule has 10 aromatic carbocycles. The van der Waals surface area contributed by atoms with E-state index in [1.807, 2.05) is 0 Å². The molecule has 13 aromatic rings. The number of fused-ring (bicyclic) bond motifs is 8. The minimum absolute atomic E-state index is 0.599. The average molecular weight is 817 g/mol. The molecule has 0 spiro atoms. The number of nitrogens with zero attached hydrogens (tertiary/aromatic N) is 4. The Kier molecular flexibility index (Phi) is 8.15. The minimum atomic E-state index is 0.599. The van der Waals surface area contributed by atoms with Crippen LogP contribution in [0.25, 0.3) is 127 Å². The first-order valence-electron chi connectivity index (χ1n) is 21.6. The molecule has 5 nitrogen and oxygen atoms in total. The standard InChI is InChI=1S/C59H36N4O/c1-2-15-38(16-3-1)50-34-46(35-52-51-33-41-18-6-7-19-42(41)36-55(51)64-56(50)52)40-20-12-21-43(31-40)57-60-58(62-59(61-57)45-29-28-37-14-4-5-17-39(37)30-45)44-22-13-23-47(32-44)63-53-26-10-8-24-48(53)49-25-9-11-27-54(49)63/h1-36H. The molecule has 0 amide bonds. The average Bonchev–Trinajstić information content (AvgIpc) is 3.90. The van der Waals surface area contributed by atoms with Crippen molar-refractivity contribution in [1.82, 2.24) is 19.5 Å². The Morgan fingerprint density at radius 1 is 0.312 bits per heavy atom. The highest BCUT2D eigenvalue weighted by molar-refractivity contribution is 6.15. The topological polar surface area (TPSA) is 56.7 Å². The zero-order valence-electron chi connectivity index (χ0n) is 34.5. The van der Waals surface area contributed by atoms with Gasteiger partial charge < -0.3 is 8.98 Å². The Bertz CT molecular complexity index is 3920. The van der Waals surface area contributed by atoms with E-state index in [2.05, 4.69) is 223 Å². The van der Waals surface area contributed by atoms with Crippen LogP contribution in [0, 0.1) is 0 Å². The summed E-state index contributed by atoms with van der Waals surface area (Å²) in [5, 5.41) is 9.23. The number of hydrogen-bond donors (Lipinski definition) is 0. The maximum absolute atomic E-state index is 6.71. The van der Waals surface area contributed by atoms with Gasteiger partial charge in [-0.1, -0.05) is 158 Å². The molecule has 0 fully saturated rings. The second-order valence-electron chi connectivity index (χ2n) is 16.4. The lowest BCUT2D eigenvalue weighted by molar-refractivity contribution is 0.670. The summed E-state index contributed by atoms with van der Waals surface area (Å²) in [7, 11) is 0.